The summed E-state index contributed by atoms with van der Waals surface area (Å²) >= 11 is 5.75. The van der Waals surface area contributed by atoms with Crippen LogP contribution in [-0.2, 0) is 21.2 Å². The summed E-state index contributed by atoms with van der Waals surface area (Å²) in [6, 6.07) is 6.79. The van der Waals surface area contributed by atoms with E-state index in [9.17, 15) is 13.2 Å². The Balaban J connectivity index is 2.91. The normalized spacial score (nSPS) is 13.2. The molecular weight excluding hydrogens is 276 g/mol. The van der Waals surface area contributed by atoms with Gasteiger partial charge in [0.15, 0.2) is 0 Å². The maximum absolute atomic E-state index is 11.8. The molecule has 1 rings (SSSR count). The number of benzene rings is 1. The van der Waals surface area contributed by atoms with Crippen LogP contribution in [0.2, 0.25) is 5.02 Å². The number of carbonyl (C=O) groups excluding carboxylic acids is 1. The molecule has 0 aromatic heterocycles. The zero-order valence-electron chi connectivity index (χ0n) is 9.89. The molecule has 0 saturated heterocycles. The lowest BCUT2D eigenvalue weighted by Crippen LogP contribution is -2.36. The van der Waals surface area contributed by atoms with Gasteiger partial charge in [0.05, 0.1) is 5.25 Å². The van der Waals surface area contributed by atoms with E-state index < -0.39 is 21.2 Å². The van der Waals surface area contributed by atoms with Crippen molar-refractivity contribution in [2.24, 2.45) is 5.73 Å². The Labute approximate surface area is 111 Å². The van der Waals surface area contributed by atoms with E-state index in [-0.39, 0.29) is 12.8 Å². The van der Waals surface area contributed by atoms with E-state index in [1.807, 2.05) is 0 Å². The Hall–Kier alpha value is -1.11. The van der Waals surface area contributed by atoms with Crippen molar-refractivity contribution in [2.75, 3.05) is 7.05 Å². The summed E-state index contributed by atoms with van der Waals surface area (Å²) in [5, 5.41) is -0.303. The molecule has 0 aliphatic rings. The summed E-state index contributed by atoms with van der Waals surface area (Å²) in [6.45, 7) is 0. The lowest BCUT2D eigenvalue weighted by molar-refractivity contribution is -0.118. The first-order valence-corrected chi connectivity index (χ1v) is 7.22. The third-order valence-corrected chi connectivity index (χ3v) is 4.56. The molecule has 0 saturated carbocycles. The van der Waals surface area contributed by atoms with Crippen LogP contribution in [0.1, 0.15) is 12.0 Å². The van der Waals surface area contributed by atoms with Gasteiger partial charge in [0.1, 0.15) is 0 Å². The molecule has 0 aliphatic carbocycles. The lowest BCUT2D eigenvalue weighted by Gasteiger charge is -2.15. The fraction of sp³-hybridized carbons (Fsp3) is 0.364. The van der Waals surface area contributed by atoms with E-state index in [4.69, 9.17) is 17.3 Å². The molecular formula is C11H15ClN2O3S. The summed E-state index contributed by atoms with van der Waals surface area (Å²) < 4.78 is 25.7. The van der Waals surface area contributed by atoms with Crippen LogP contribution in [-0.4, -0.2) is 26.6 Å². The van der Waals surface area contributed by atoms with Crippen LogP contribution in [0, 0.1) is 0 Å². The fourth-order valence-electron chi connectivity index (χ4n) is 1.57. The highest BCUT2D eigenvalue weighted by Crippen LogP contribution is 2.15. The predicted molar refractivity (Wildman–Crippen MR) is 70.7 cm³/mol. The predicted octanol–water partition coefficient (Wildman–Crippen LogP) is 0.676. The number of primary amides is 1. The van der Waals surface area contributed by atoms with Crippen molar-refractivity contribution in [2.45, 2.75) is 18.1 Å². The van der Waals surface area contributed by atoms with E-state index in [1.54, 1.807) is 24.3 Å². The SMILES string of the molecule is CNS(=O)(=O)C(CC(N)=O)Cc1ccc(Cl)cc1. The van der Waals surface area contributed by atoms with E-state index >= 15 is 0 Å². The van der Waals surface area contributed by atoms with E-state index in [0.29, 0.717) is 5.02 Å². The molecule has 1 unspecified atom stereocenters. The Morgan fingerprint density at radius 2 is 1.94 bits per heavy atom. The number of hydrogen-bond donors (Lipinski definition) is 2. The number of nitrogens with one attached hydrogen (secondary N) is 1. The van der Waals surface area contributed by atoms with Crippen LogP contribution in [0.25, 0.3) is 0 Å². The Morgan fingerprint density at radius 3 is 2.39 bits per heavy atom. The topological polar surface area (TPSA) is 89.3 Å². The Morgan fingerprint density at radius 1 is 1.39 bits per heavy atom. The van der Waals surface area contributed by atoms with Gasteiger partial charge in [-0.05, 0) is 31.2 Å². The molecule has 0 fully saturated rings. The minimum Gasteiger partial charge on any atom is -0.370 e. The molecule has 18 heavy (non-hydrogen) atoms. The number of amides is 1. The average Bonchev–Trinajstić information content (AvgIpc) is 2.30. The summed E-state index contributed by atoms with van der Waals surface area (Å²) in [6.07, 6.45) is -0.00488. The van der Waals surface area contributed by atoms with Crippen molar-refractivity contribution in [1.82, 2.24) is 4.72 Å². The summed E-state index contributed by atoms with van der Waals surface area (Å²) in [5.74, 6) is -0.646. The van der Waals surface area contributed by atoms with Crippen molar-refractivity contribution in [1.29, 1.82) is 0 Å². The zero-order valence-corrected chi connectivity index (χ0v) is 11.5. The van der Waals surface area contributed by atoms with Crippen molar-refractivity contribution in [3.63, 3.8) is 0 Å². The third kappa shape index (κ3) is 4.29. The van der Waals surface area contributed by atoms with Crippen molar-refractivity contribution < 1.29 is 13.2 Å². The maximum atomic E-state index is 11.8. The molecule has 7 heteroatoms. The minimum absolute atomic E-state index is 0.212. The second-order valence-electron chi connectivity index (χ2n) is 3.87. The van der Waals surface area contributed by atoms with Gasteiger partial charge in [0.25, 0.3) is 0 Å². The molecule has 0 aliphatic heterocycles. The fourth-order valence-corrected chi connectivity index (χ4v) is 2.82. The number of halogens is 1. The van der Waals surface area contributed by atoms with Gasteiger partial charge in [-0.25, -0.2) is 13.1 Å². The van der Waals surface area contributed by atoms with Crippen molar-refractivity contribution in [3.8, 4) is 0 Å². The monoisotopic (exact) mass is 290 g/mol. The first kappa shape index (κ1) is 14.9. The van der Waals surface area contributed by atoms with Gasteiger partial charge < -0.3 is 5.73 Å². The van der Waals surface area contributed by atoms with Gasteiger partial charge in [0.2, 0.25) is 15.9 Å². The van der Waals surface area contributed by atoms with Crippen LogP contribution in [0.3, 0.4) is 0 Å². The molecule has 5 nitrogen and oxygen atoms in total. The molecule has 3 N–H and O–H groups in total. The second-order valence-corrected chi connectivity index (χ2v) is 6.47. The first-order valence-electron chi connectivity index (χ1n) is 5.30. The molecule has 1 aromatic carbocycles. The first-order chi connectivity index (χ1) is 8.35. The van der Waals surface area contributed by atoms with Crippen molar-refractivity contribution in [3.05, 3.63) is 34.9 Å². The highest BCUT2D eigenvalue weighted by molar-refractivity contribution is 7.90. The Kier molecular flexibility index (Phi) is 5.13. The van der Waals surface area contributed by atoms with E-state index in [2.05, 4.69) is 4.72 Å². The second kappa shape index (κ2) is 6.17. The number of carbonyl (C=O) groups is 1. The highest BCUT2D eigenvalue weighted by atomic mass is 35.5. The average molecular weight is 291 g/mol. The minimum atomic E-state index is -3.55. The standard InChI is InChI=1S/C11H15ClN2O3S/c1-14-18(16,17)10(7-11(13)15)6-8-2-4-9(12)5-3-8/h2-5,10,14H,6-7H2,1H3,(H2,13,15). The van der Waals surface area contributed by atoms with E-state index in [0.717, 1.165) is 5.56 Å². The Bertz CT molecular complexity index is 514. The van der Waals surface area contributed by atoms with Crippen LogP contribution < -0.4 is 10.5 Å². The van der Waals surface area contributed by atoms with Gasteiger partial charge in [-0.3, -0.25) is 4.79 Å². The van der Waals surface area contributed by atoms with Gasteiger partial charge in [-0.2, -0.15) is 0 Å². The number of nitrogens with two attached hydrogens (primary N) is 1. The summed E-state index contributed by atoms with van der Waals surface area (Å²) in [7, 11) is -2.24. The van der Waals surface area contributed by atoms with Crippen LogP contribution in [0.5, 0.6) is 0 Å². The molecule has 1 atom stereocenters. The van der Waals surface area contributed by atoms with Crippen LogP contribution in [0.15, 0.2) is 24.3 Å². The number of rotatable bonds is 6. The van der Waals surface area contributed by atoms with Crippen LogP contribution >= 0.6 is 11.6 Å². The van der Waals surface area contributed by atoms with Crippen LogP contribution in [0.4, 0.5) is 0 Å². The largest absolute Gasteiger partial charge is 0.370 e. The van der Waals surface area contributed by atoms with E-state index in [1.165, 1.54) is 7.05 Å². The summed E-state index contributed by atoms with van der Waals surface area (Å²) in [5.41, 5.74) is 5.85. The van der Waals surface area contributed by atoms with Crippen molar-refractivity contribution >= 4 is 27.5 Å². The van der Waals surface area contributed by atoms with Gasteiger partial charge in [0, 0.05) is 11.4 Å². The maximum Gasteiger partial charge on any atom is 0.218 e. The quantitative estimate of drug-likeness (QED) is 0.807. The molecule has 0 heterocycles. The molecule has 0 bridgehead atoms. The highest BCUT2D eigenvalue weighted by Gasteiger charge is 2.26. The smallest absolute Gasteiger partial charge is 0.218 e. The molecule has 1 aromatic rings. The summed E-state index contributed by atoms with van der Waals surface area (Å²) in [4.78, 5) is 10.9. The molecule has 100 valence electrons. The van der Waals surface area contributed by atoms with Gasteiger partial charge >= 0.3 is 0 Å². The zero-order chi connectivity index (χ0) is 13.8. The molecule has 1 amide bonds. The molecule has 0 radical (unpaired) electrons. The molecule has 0 spiro atoms. The van der Waals surface area contributed by atoms with Gasteiger partial charge in [-0.1, -0.05) is 23.7 Å². The van der Waals surface area contributed by atoms with Gasteiger partial charge in [-0.15, -0.1) is 0 Å². The number of hydrogen-bond acceptors (Lipinski definition) is 3. The number of sulfonamides is 1. The lowest BCUT2D eigenvalue weighted by atomic mass is 10.1. The third-order valence-electron chi connectivity index (χ3n) is 2.53.